The van der Waals surface area contributed by atoms with E-state index < -0.39 is 0 Å². The summed E-state index contributed by atoms with van der Waals surface area (Å²) in [6.07, 6.45) is 3.90. The minimum atomic E-state index is 0.582. The van der Waals surface area contributed by atoms with Gasteiger partial charge in [0.2, 0.25) is 5.95 Å². The van der Waals surface area contributed by atoms with E-state index in [0.29, 0.717) is 6.04 Å². The highest BCUT2D eigenvalue weighted by Gasteiger charge is 2.16. The van der Waals surface area contributed by atoms with Crippen LogP contribution in [0.1, 0.15) is 30.7 Å². The molecule has 94 valence electrons. The highest BCUT2D eigenvalue weighted by atomic mass is 15.2. The molecular formula is C13H22N4. The maximum Gasteiger partial charge on any atom is 0.225 e. The van der Waals surface area contributed by atoms with Crippen LogP contribution < -0.4 is 10.2 Å². The average molecular weight is 234 g/mol. The molecule has 0 unspecified atom stereocenters. The minimum Gasteiger partial charge on any atom is -0.342 e. The van der Waals surface area contributed by atoms with Crippen LogP contribution in [0.4, 0.5) is 5.95 Å². The van der Waals surface area contributed by atoms with Crippen LogP contribution in [-0.2, 0) is 0 Å². The molecule has 4 heteroatoms. The van der Waals surface area contributed by atoms with E-state index in [4.69, 9.17) is 0 Å². The molecule has 0 amide bonds. The molecule has 0 bridgehead atoms. The fourth-order valence-corrected chi connectivity index (χ4v) is 2.37. The number of aromatic nitrogens is 2. The second kappa shape index (κ2) is 5.45. The molecule has 1 atom stereocenters. The van der Waals surface area contributed by atoms with Gasteiger partial charge in [-0.3, -0.25) is 0 Å². The third-order valence-corrected chi connectivity index (χ3v) is 3.22. The zero-order valence-corrected chi connectivity index (χ0v) is 11.0. The topological polar surface area (TPSA) is 41.1 Å². The fourth-order valence-electron chi connectivity index (χ4n) is 2.37. The van der Waals surface area contributed by atoms with Gasteiger partial charge >= 0.3 is 0 Å². The molecule has 1 N–H and O–H groups in total. The summed E-state index contributed by atoms with van der Waals surface area (Å²) in [6.45, 7) is 6.17. The molecule has 0 saturated carbocycles. The first-order chi connectivity index (χ1) is 8.15. The van der Waals surface area contributed by atoms with E-state index in [0.717, 1.165) is 30.4 Å². The second-order valence-corrected chi connectivity index (χ2v) is 4.98. The number of nitrogens with one attached hydrogen (secondary N) is 1. The summed E-state index contributed by atoms with van der Waals surface area (Å²) < 4.78 is 0. The number of hydrogen-bond acceptors (Lipinski definition) is 4. The van der Waals surface area contributed by atoms with E-state index >= 15 is 0 Å². The second-order valence-electron chi connectivity index (χ2n) is 4.98. The van der Waals surface area contributed by atoms with E-state index in [-0.39, 0.29) is 0 Å². The lowest BCUT2D eigenvalue weighted by Gasteiger charge is -2.28. The summed E-state index contributed by atoms with van der Waals surface area (Å²) in [5, 5.41) is 3.55. The quantitative estimate of drug-likeness (QED) is 0.864. The third-order valence-electron chi connectivity index (χ3n) is 3.22. The van der Waals surface area contributed by atoms with Crippen molar-refractivity contribution in [2.45, 2.75) is 39.2 Å². The zero-order chi connectivity index (χ0) is 12.3. The Hall–Kier alpha value is -1.16. The van der Waals surface area contributed by atoms with Crippen LogP contribution in [0.3, 0.4) is 0 Å². The Bertz CT molecular complexity index is 351. The van der Waals surface area contributed by atoms with Crippen molar-refractivity contribution in [1.29, 1.82) is 0 Å². The predicted molar refractivity (Wildman–Crippen MR) is 70.4 cm³/mol. The molecule has 0 aromatic carbocycles. The fraction of sp³-hybridized carbons (Fsp3) is 0.692. The molecule has 2 rings (SSSR count). The van der Waals surface area contributed by atoms with Crippen LogP contribution >= 0.6 is 0 Å². The van der Waals surface area contributed by atoms with Gasteiger partial charge < -0.3 is 10.2 Å². The Kier molecular flexibility index (Phi) is 3.94. The van der Waals surface area contributed by atoms with Crippen molar-refractivity contribution >= 4 is 5.95 Å². The molecule has 1 saturated heterocycles. The SMILES string of the molecule is Cc1cc(C)nc(N(C)C[C@@H]2CCCCN2)n1. The lowest BCUT2D eigenvalue weighted by atomic mass is 10.0. The molecule has 1 aliphatic rings. The summed E-state index contributed by atoms with van der Waals surface area (Å²) in [5.41, 5.74) is 2.08. The van der Waals surface area contributed by atoms with Crippen molar-refractivity contribution in [3.8, 4) is 0 Å². The molecule has 1 aromatic heterocycles. The number of anilines is 1. The lowest BCUT2D eigenvalue weighted by molar-refractivity contribution is 0.402. The van der Waals surface area contributed by atoms with Crippen molar-refractivity contribution in [1.82, 2.24) is 15.3 Å². The van der Waals surface area contributed by atoms with Crippen LogP contribution in [0.5, 0.6) is 0 Å². The van der Waals surface area contributed by atoms with Crippen LogP contribution in [0, 0.1) is 13.8 Å². The molecule has 2 heterocycles. The Balaban J connectivity index is 2.00. The number of rotatable bonds is 3. The van der Waals surface area contributed by atoms with Gasteiger partial charge in [-0.15, -0.1) is 0 Å². The lowest BCUT2D eigenvalue weighted by Crippen LogP contribution is -2.43. The summed E-state index contributed by atoms with van der Waals surface area (Å²) in [7, 11) is 2.07. The third kappa shape index (κ3) is 3.40. The van der Waals surface area contributed by atoms with E-state index in [1.807, 2.05) is 19.9 Å². The highest BCUT2D eigenvalue weighted by Crippen LogP contribution is 2.12. The van der Waals surface area contributed by atoms with Gasteiger partial charge in [-0.25, -0.2) is 9.97 Å². The van der Waals surface area contributed by atoms with Crippen LogP contribution in [-0.4, -0.2) is 36.1 Å². The maximum atomic E-state index is 4.49. The van der Waals surface area contributed by atoms with Crippen LogP contribution in [0.25, 0.3) is 0 Å². The average Bonchev–Trinajstić information content (AvgIpc) is 2.29. The number of piperidine rings is 1. The van der Waals surface area contributed by atoms with Crippen LogP contribution in [0.2, 0.25) is 0 Å². The number of aryl methyl sites for hydroxylation is 2. The van der Waals surface area contributed by atoms with Gasteiger partial charge in [0.05, 0.1) is 0 Å². The molecule has 0 spiro atoms. The summed E-state index contributed by atoms with van der Waals surface area (Å²) in [4.78, 5) is 11.1. The van der Waals surface area contributed by atoms with Gasteiger partial charge in [0, 0.05) is 31.0 Å². The molecule has 0 radical (unpaired) electrons. The van der Waals surface area contributed by atoms with E-state index in [2.05, 4.69) is 27.2 Å². The predicted octanol–water partition coefficient (Wildman–Crippen LogP) is 1.67. The molecule has 0 aliphatic carbocycles. The zero-order valence-electron chi connectivity index (χ0n) is 11.0. The van der Waals surface area contributed by atoms with Crippen molar-refractivity contribution < 1.29 is 0 Å². The first-order valence-corrected chi connectivity index (χ1v) is 6.42. The summed E-state index contributed by atoms with van der Waals surface area (Å²) >= 11 is 0. The summed E-state index contributed by atoms with van der Waals surface area (Å²) in [5.74, 6) is 0.842. The van der Waals surface area contributed by atoms with Gasteiger partial charge in [-0.2, -0.15) is 0 Å². The molecule has 1 aromatic rings. The first-order valence-electron chi connectivity index (χ1n) is 6.42. The van der Waals surface area contributed by atoms with Crippen molar-refractivity contribution in [2.24, 2.45) is 0 Å². The maximum absolute atomic E-state index is 4.49. The molecule has 1 aliphatic heterocycles. The normalized spacial score (nSPS) is 20.3. The Morgan fingerprint density at radius 1 is 1.29 bits per heavy atom. The Labute approximate surface area is 103 Å². The number of nitrogens with zero attached hydrogens (tertiary/aromatic N) is 3. The highest BCUT2D eigenvalue weighted by molar-refractivity contribution is 5.31. The van der Waals surface area contributed by atoms with E-state index in [9.17, 15) is 0 Å². The number of hydrogen-bond donors (Lipinski definition) is 1. The van der Waals surface area contributed by atoms with Crippen molar-refractivity contribution in [2.75, 3.05) is 25.0 Å². The Morgan fingerprint density at radius 3 is 2.59 bits per heavy atom. The summed E-state index contributed by atoms with van der Waals surface area (Å²) in [6, 6.07) is 2.59. The molecule has 4 nitrogen and oxygen atoms in total. The van der Waals surface area contributed by atoms with Gasteiger partial charge in [-0.05, 0) is 39.3 Å². The first kappa shape index (κ1) is 12.3. The van der Waals surface area contributed by atoms with Crippen molar-refractivity contribution in [3.05, 3.63) is 17.5 Å². The standard InChI is InChI=1S/C13H22N4/c1-10-8-11(2)16-13(15-10)17(3)9-12-6-4-5-7-14-12/h8,12,14H,4-7,9H2,1-3H3/t12-/m0/s1. The van der Waals surface area contributed by atoms with Gasteiger partial charge in [0.1, 0.15) is 0 Å². The number of likely N-dealkylation sites (N-methyl/N-ethyl adjacent to an activating group) is 1. The van der Waals surface area contributed by atoms with E-state index in [1.54, 1.807) is 0 Å². The van der Waals surface area contributed by atoms with Crippen LogP contribution in [0.15, 0.2) is 6.07 Å². The van der Waals surface area contributed by atoms with Gasteiger partial charge in [0.25, 0.3) is 0 Å². The largest absolute Gasteiger partial charge is 0.342 e. The smallest absolute Gasteiger partial charge is 0.225 e. The molecule has 17 heavy (non-hydrogen) atoms. The van der Waals surface area contributed by atoms with E-state index in [1.165, 1.54) is 19.3 Å². The monoisotopic (exact) mass is 234 g/mol. The van der Waals surface area contributed by atoms with Gasteiger partial charge in [-0.1, -0.05) is 6.42 Å². The van der Waals surface area contributed by atoms with Crippen molar-refractivity contribution in [3.63, 3.8) is 0 Å². The molecule has 1 fully saturated rings. The van der Waals surface area contributed by atoms with Gasteiger partial charge in [0.15, 0.2) is 0 Å². The Morgan fingerprint density at radius 2 is 2.00 bits per heavy atom. The molecular weight excluding hydrogens is 212 g/mol. The minimum absolute atomic E-state index is 0.582.